The minimum absolute atomic E-state index is 0.0588. The quantitative estimate of drug-likeness (QED) is 0.538. The number of benzene rings is 1. The Bertz CT molecular complexity index is 609. The zero-order valence-corrected chi connectivity index (χ0v) is 11.6. The summed E-state index contributed by atoms with van der Waals surface area (Å²) in [6.07, 6.45) is 1.71. The number of carboxylic acid groups (broad SMARTS) is 2. The van der Waals surface area contributed by atoms with Gasteiger partial charge in [0, 0.05) is 6.08 Å². The average Bonchev–Trinajstić information content (AvgIpc) is 2.45. The molecule has 8 nitrogen and oxygen atoms in total. The molecule has 0 fully saturated rings. The summed E-state index contributed by atoms with van der Waals surface area (Å²) in [7, 11) is 1.37. The van der Waals surface area contributed by atoms with Gasteiger partial charge in [-0.3, -0.25) is 9.59 Å². The van der Waals surface area contributed by atoms with E-state index in [4.69, 9.17) is 14.9 Å². The van der Waals surface area contributed by atoms with Crippen LogP contribution < -0.4 is 10.1 Å². The highest BCUT2D eigenvalue weighted by atomic mass is 16.5. The summed E-state index contributed by atoms with van der Waals surface area (Å²) < 4.78 is 4.90. The first-order chi connectivity index (χ1) is 10.3. The fraction of sp³-hybridized carbons (Fsp3) is 0.214. The van der Waals surface area contributed by atoms with Crippen molar-refractivity contribution in [3.8, 4) is 11.5 Å². The molecule has 0 spiro atoms. The lowest BCUT2D eigenvalue weighted by Gasteiger charge is -2.10. The summed E-state index contributed by atoms with van der Waals surface area (Å²) >= 11 is 0. The van der Waals surface area contributed by atoms with Crippen LogP contribution in [0.2, 0.25) is 0 Å². The van der Waals surface area contributed by atoms with Crippen molar-refractivity contribution in [2.45, 2.75) is 12.5 Å². The molecule has 1 amide bonds. The van der Waals surface area contributed by atoms with Gasteiger partial charge < -0.3 is 25.4 Å². The number of aromatic hydroxyl groups is 1. The van der Waals surface area contributed by atoms with Gasteiger partial charge in [-0.2, -0.15) is 0 Å². The molecule has 0 aromatic heterocycles. The third kappa shape index (κ3) is 5.16. The highest BCUT2D eigenvalue weighted by Gasteiger charge is 2.21. The van der Waals surface area contributed by atoms with E-state index in [-0.39, 0.29) is 11.5 Å². The number of phenols is 1. The first-order valence-electron chi connectivity index (χ1n) is 6.13. The van der Waals surface area contributed by atoms with Crippen LogP contribution in [0.1, 0.15) is 12.0 Å². The highest BCUT2D eigenvalue weighted by molar-refractivity contribution is 5.95. The van der Waals surface area contributed by atoms with Crippen LogP contribution in [-0.2, 0) is 14.4 Å². The monoisotopic (exact) mass is 309 g/mol. The number of nitrogens with one attached hydrogen (secondary N) is 1. The lowest BCUT2D eigenvalue weighted by molar-refractivity contribution is -0.146. The number of carboxylic acids is 2. The lowest BCUT2D eigenvalue weighted by atomic mass is 10.1. The van der Waals surface area contributed by atoms with Crippen LogP contribution in [-0.4, -0.2) is 46.3 Å². The van der Waals surface area contributed by atoms with Crippen LogP contribution >= 0.6 is 0 Å². The molecular formula is C14H15NO7. The molecule has 1 aromatic rings. The largest absolute Gasteiger partial charge is 0.504 e. The Balaban J connectivity index is 2.74. The zero-order chi connectivity index (χ0) is 16.7. The summed E-state index contributed by atoms with van der Waals surface area (Å²) in [4.78, 5) is 32.9. The molecule has 4 N–H and O–H groups in total. The van der Waals surface area contributed by atoms with Crippen molar-refractivity contribution in [3.63, 3.8) is 0 Å². The van der Waals surface area contributed by atoms with Crippen LogP contribution in [0.3, 0.4) is 0 Å². The Labute approximate surface area is 125 Å². The van der Waals surface area contributed by atoms with Gasteiger partial charge in [-0.15, -0.1) is 0 Å². The van der Waals surface area contributed by atoms with E-state index >= 15 is 0 Å². The van der Waals surface area contributed by atoms with Crippen LogP contribution in [0.4, 0.5) is 0 Å². The van der Waals surface area contributed by atoms with E-state index in [1.807, 2.05) is 0 Å². The van der Waals surface area contributed by atoms with Gasteiger partial charge >= 0.3 is 11.9 Å². The van der Waals surface area contributed by atoms with Gasteiger partial charge in [0.2, 0.25) is 5.91 Å². The first kappa shape index (κ1) is 17.0. The molecule has 0 unspecified atom stereocenters. The minimum atomic E-state index is -1.51. The summed E-state index contributed by atoms with van der Waals surface area (Å²) in [5.41, 5.74) is 0.537. The van der Waals surface area contributed by atoms with Crippen molar-refractivity contribution in [3.05, 3.63) is 29.8 Å². The van der Waals surface area contributed by atoms with Crippen molar-refractivity contribution in [2.24, 2.45) is 0 Å². The van der Waals surface area contributed by atoms with Crippen molar-refractivity contribution in [1.82, 2.24) is 5.32 Å². The molecule has 0 aliphatic rings. The Kier molecular flexibility index (Phi) is 5.94. The molecule has 0 aliphatic heterocycles. The smallest absolute Gasteiger partial charge is 0.326 e. The van der Waals surface area contributed by atoms with Gasteiger partial charge in [-0.25, -0.2) is 4.79 Å². The number of carbonyl (C=O) groups excluding carboxylic acids is 1. The van der Waals surface area contributed by atoms with E-state index in [1.54, 1.807) is 0 Å². The molecule has 1 aromatic carbocycles. The average molecular weight is 309 g/mol. The van der Waals surface area contributed by atoms with Gasteiger partial charge in [-0.1, -0.05) is 6.07 Å². The predicted molar refractivity (Wildman–Crippen MR) is 75.5 cm³/mol. The minimum Gasteiger partial charge on any atom is -0.504 e. The maximum absolute atomic E-state index is 11.6. The molecule has 1 rings (SSSR count). The summed E-state index contributed by atoms with van der Waals surface area (Å²) in [6.45, 7) is 0. The topological polar surface area (TPSA) is 133 Å². The molecule has 0 aliphatic carbocycles. The molecule has 22 heavy (non-hydrogen) atoms. The number of rotatable bonds is 7. The van der Waals surface area contributed by atoms with Gasteiger partial charge in [-0.05, 0) is 23.8 Å². The Morgan fingerprint density at radius 1 is 1.32 bits per heavy atom. The Hall–Kier alpha value is -3.03. The molecule has 0 radical (unpaired) electrons. The summed E-state index contributed by atoms with van der Waals surface area (Å²) in [6, 6.07) is 2.86. The second-order valence-corrected chi connectivity index (χ2v) is 4.26. The second-order valence-electron chi connectivity index (χ2n) is 4.26. The summed E-state index contributed by atoms with van der Waals surface area (Å²) in [5.74, 6) is -3.36. The normalized spacial score (nSPS) is 11.9. The standard InChI is InChI=1S/C14H15NO7/c1-22-11-6-8(2-4-10(11)16)3-5-12(17)15-9(14(20)21)7-13(18)19/h2-6,9,16H,7H2,1H3,(H,15,17)(H,18,19)(H,20,21)/t9-/m0/s1. The SMILES string of the molecule is COc1cc(C=CC(=O)N[C@@H](CC(=O)O)C(=O)O)ccc1O. The van der Waals surface area contributed by atoms with E-state index in [2.05, 4.69) is 5.32 Å². The van der Waals surface area contributed by atoms with E-state index in [0.29, 0.717) is 5.56 Å². The third-order valence-corrected chi connectivity index (χ3v) is 2.62. The molecule has 0 saturated heterocycles. The van der Waals surface area contributed by atoms with Crippen LogP contribution in [0, 0.1) is 0 Å². The van der Waals surface area contributed by atoms with Crippen molar-refractivity contribution >= 4 is 23.9 Å². The molecule has 0 bridgehead atoms. The molecule has 8 heteroatoms. The fourth-order valence-electron chi connectivity index (χ4n) is 1.56. The molecule has 0 heterocycles. The highest BCUT2D eigenvalue weighted by Crippen LogP contribution is 2.26. The van der Waals surface area contributed by atoms with Crippen LogP contribution in [0.15, 0.2) is 24.3 Å². The van der Waals surface area contributed by atoms with Crippen LogP contribution in [0.25, 0.3) is 6.08 Å². The van der Waals surface area contributed by atoms with E-state index in [0.717, 1.165) is 6.08 Å². The number of aliphatic carboxylic acids is 2. The molecule has 0 saturated carbocycles. The second kappa shape index (κ2) is 7.67. The van der Waals surface area contributed by atoms with Gasteiger partial charge in [0.15, 0.2) is 11.5 Å². The Morgan fingerprint density at radius 2 is 2.00 bits per heavy atom. The summed E-state index contributed by atoms with van der Waals surface area (Å²) in [5, 5.41) is 28.9. The molecular weight excluding hydrogens is 294 g/mol. The number of phenolic OH excluding ortho intramolecular Hbond substituents is 1. The third-order valence-electron chi connectivity index (χ3n) is 2.62. The number of methoxy groups -OCH3 is 1. The number of hydrogen-bond donors (Lipinski definition) is 4. The van der Waals surface area contributed by atoms with E-state index < -0.39 is 30.3 Å². The first-order valence-corrected chi connectivity index (χ1v) is 6.13. The maximum atomic E-state index is 11.6. The number of ether oxygens (including phenoxy) is 1. The number of hydrogen-bond acceptors (Lipinski definition) is 5. The molecule has 1 atom stereocenters. The van der Waals surface area contributed by atoms with Gasteiger partial charge in [0.05, 0.1) is 13.5 Å². The zero-order valence-electron chi connectivity index (χ0n) is 11.6. The lowest BCUT2D eigenvalue weighted by Crippen LogP contribution is -2.41. The van der Waals surface area contributed by atoms with Gasteiger partial charge in [0.1, 0.15) is 6.04 Å². The Morgan fingerprint density at radius 3 is 2.55 bits per heavy atom. The number of carbonyl (C=O) groups is 3. The van der Waals surface area contributed by atoms with Crippen molar-refractivity contribution < 1.29 is 34.4 Å². The maximum Gasteiger partial charge on any atom is 0.326 e. The van der Waals surface area contributed by atoms with Crippen molar-refractivity contribution in [1.29, 1.82) is 0 Å². The van der Waals surface area contributed by atoms with Gasteiger partial charge in [0.25, 0.3) is 0 Å². The van der Waals surface area contributed by atoms with E-state index in [9.17, 15) is 19.5 Å². The predicted octanol–water partition coefficient (Wildman–Crippen LogP) is 0.458. The van der Waals surface area contributed by atoms with E-state index in [1.165, 1.54) is 31.4 Å². The number of amides is 1. The molecule has 118 valence electrons. The fourth-order valence-corrected chi connectivity index (χ4v) is 1.56. The van der Waals surface area contributed by atoms with Crippen LogP contribution in [0.5, 0.6) is 11.5 Å². The van der Waals surface area contributed by atoms with Crippen molar-refractivity contribution in [2.75, 3.05) is 7.11 Å².